The van der Waals surface area contributed by atoms with Gasteiger partial charge in [-0.1, -0.05) is 59.1 Å². The van der Waals surface area contributed by atoms with Crippen LogP contribution in [0.3, 0.4) is 0 Å². The highest BCUT2D eigenvalue weighted by atomic mass is 16.5. The Kier molecular flexibility index (Phi) is 4.95. The Morgan fingerprint density at radius 2 is 1.70 bits per heavy atom. The molecule has 3 fully saturated rings. The summed E-state index contributed by atoms with van der Waals surface area (Å²) in [6.07, 6.45) is 15.3. The predicted molar refractivity (Wildman–Crippen MR) is 95.3 cm³/mol. The molecule has 0 radical (unpaired) electrons. The Hall–Kier alpha value is -0.340. The van der Waals surface area contributed by atoms with E-state index in [-0.39, 0.29) is 16.9 Å². The van der Waals surface area contributed by atoms with Gasteiger partial charge in [-0.3, -0.25) is 0 Å². The Bertz CT molecular complexity index is 437. The summed E-state index contributed by atoms with van der Waals surface area (Å²) in [6, 6.07) is 0. The molecule has 3 aliphatic rings. The number of fused-ring (bicyclic) bond motifs is 2. The highest BCUT2D eigenvalue weighted by Gasteiger charge is 2.45. The lowest BCUT2D eigenvalue weighted by atomic mass is 9.58. The van der Waals surface area contributed by atoms with E-state index in [9.17, 15) is 5.11 Å². The van der Waals surface area contributed by atoms with Gasteiger partial charge in [-0.2, -0.15) is 0 Å². The van der Waals surface area contributed by atoms with E-state index in [4.69, 9.17) is 4.74 Å². The molecule has 5 unspecified atom stereocenters. The summed E-state index contributed by atoms with van der Waals surface area (Å²) in [5.41, 5.74) is 0.191. The number of allylic oxidation sites excluding steroid dienone is 1. The Balaban J connectivity index is 1.71. The number of hydrogen-bond acceptors (Lipinski definition) is 2. The Labute approximate surface area is 142 Å². The molecule has 0 amide bonds. The smallest absolute Gasteiger partial charge is 0.0643 e. The minimum absolute atomic E-state index is 0.0881. The summed E-state index contributed by atoms with van der Waals surface area (Å²) in [5, 5.41) is 10.7. The summed E-state index contributed by atoms with van der Waals surface area (Å²) >= 11 is 0. The van der Waals surface area contributed by atoms with Gasteiger partial charge in [0, 0.05) is 5.92 Å². The zero-order chi connectivity index (χ0) is 16.7. The highest BCUT2D eigenvalue weighted by molar-refractivity contribution is 5.10. The van der Waals surface area contributed by atoms with Crippen molar-refractivity contribution in [1.29, 1.82) is 0 Å². The first-order chi connectivity index (χ1) is 10.8. The second kappa shape index (κ2) is 6.52. The van der Waals surface area contributed by atoms with Crippen LogP contribution in [0.1, 0.15) is 79.1 Å². The van der Waals surface area contributed by atoms with Crippen molar-refractivity contribution in [3.05, 3.63) is 12.2 Å². The van der Waals surface area contributed by atoms with E-state index in [2.05, 4.69) is 39.8 Å². The zero-order valence-corrected chi connectivity index (χ0v) is 15.6. The van der Waals surface area contributed by atoms with Crippen molar-refractivity contribution in [2.75, 3.05) is 0 Å². The second-order valence-electron chi connectivity index (χ2n) is 9.39. The van der Waals surface area contributed by atoms with E-state index < -0.39 is 0 Å². The van der Waals surface area contributed by atoms with E-state index in [1.807, 2.05) is 0 Å². The van der Waals surface area contributed by atoms with Crippen LogP contribution in [0.2, 0.25) is 0 Å². The van der Waals surface area contributed by atoms with Crippen LogP contribution in [0, 0.1) is 22.7 Å². The first-order valence-corrected chi connectivity index (χ1v) is 9.84. The van der Waals surface area contributed by atoms with E-state index in [1.54, 1.807) is 0 Å². The topological polar surface area (TPSA) is 29.5 Å². The fourth-order valence-corrected chi connectivity index (χ4v) is 5.07. The normalized spacial score (nSPS) is 39.1. The van der Waals surface area contributed by atoms with Crippen molar-refractivity contribution in [3.63, 3.8) is 0 Å². The molecule has 0 aromatic rings. The van der Waals surface area contributed by atoms with Crippen molar-refractivity contribution in [3.8, 4) is 0 Å². The van der Waals surface area contributed by atoms with Crippen LogP contribution in [0.5, 0.6) is 0 Å². The minimum Gasteiger partial charge on any atom is -0.393 e. The van der Waals surface area contributed by atoms with Gasteiger partial charge in [-0.15, -0.1) is 0 Å². The third-order valence-electron chi connectivity index (χ3n) is 7.48. The summed E-state index contributed by atoms with van der Waals surface area (Å²) < 4.78 is 5.99. The summed E-state index contributed by atoms with van der Waals surface area (Å²) in [4.78, 5) is 0. The standard InChI is InChI=1S/C21H36O2/c1-20(2,13-12-15-14-16-10-11-19(15)23-16)21(3,4)17-8-6-5-7-9-18(17)22/h12-13,15-19,22H,5-11,14H2,1-4H3/b13-12-. The van der Waals surface area contributed by atoms with Gasteiger partial charge in [-0.25, -0.2) is 0 Å². The average Bonchev–Trinajstić information content (AvgIpc) is 3.04. The molecule has 2 nitrogen and oxygen atoms in total. The van der Waals surface area contributed by atoms with Gasteiger partial charge in [0.2, 0.25) is 0 Å². The van der Waals surface area contributed by atoms with Crippen LogP contribution in [-0.2, 0) is 4.74 Å². The Morgan fingerprint density at radius 3 is 2.35 bits per heavy atom. The molecule has 2 bridgehead atoms. The molecule has 2 heterocycles. The summed E-state index contributed by atoms with van der Waals surface area (Å²) in [7, 11) is 0. The van der Waals surface area contributed by atoms with Crippen molar-refractivity contribution < 1.29 is 9.84 Å². The minimum atomic E-state index is -0.133. The van der Waals surface area contributed by atoms with Gasteiger partial charge < -0.3 is 9.84 Å². The predicted octanol–water partition coefficient (Wildman–Crippen LogP) is 5.10. The molecule has 2 heteroatoms. The molecule has 1 aliphatic carbocycles. The molecule has 2 saturated heterocycles. The molecule has 2 aliphatic heterocycles. The quantitative estimate of drug-likeness (QED) is 0.576. The van der Waals surface area contributed by atoms with Crippen LogP contribution in [0.25, 0.3) is 0 Å². The molecule has 0 aromatic heterocycles. The van der Waals surface area contributed by atoms with Crippen LogP contribution in [0.15, 0.2) is 12.2 Å². The maximum absolute atomic E-state index is 10.7. The lowest BCUT2D eigenvalue weighted by Gasteiger charge is -2.47. The number of hydrogen-bond donors (Lipinski definition) is 1. The lowest BCUT2D eigenvalue weighted by molar-refractivity contribution is -0.0204. The number of ether oxygens (including phenoxy) is 1. The molecule has 1 saturated carbocycles. The van der Waals surface area contributed by atoms with Gasteiger partial charge in [0.15, 0.2) is 0 Å². The fraction of sp³-hybridized carbons (Fsp3) is 0.905. The summed E-state index contributed by atoms with van der Waals surface area (Å²) in [5.74, 6) is 1.02. The second-order valence-corrected chi connectivity index (χ2v) is 9.39. The van der Waals surface area contributed by atoms with Gasteiger partial charge in [0.05, 0.1) is 18.3 Å². The molecule has 1 N–H and O–H groups in total. The molecular weight excluding hydrogens is 284 g/mol. The van der Waals surface area contributed by atoms with Crippen molar-refractivity contribution in [1.82, 2.24) is 0 Å². The van der Waals surface area contributed by atoms with Crippen LogP contribution >= 0.6 is 0 Å². The number of rotatable bonds is 4. The van der Waals surface area contributed by atoms with E-state index >= 15 is 0 Å². The first kappa shape index (κ1) is 17.5. The first-order valence-electron chi connectivity index (χ1n) is 9.84. The monoisotopic (exact) mass is 320 g/mol. The highest BCUT2D eigenvalue weighted by Crippen LogP contribution is 2.50. The molecule has 3 rings (SSSR count). The Morgan fingerprint density at radius 1 is 0.957 bits per heavy atom. The maximum atomic E-state index is 10.7. The van der Waals surface area contributed by atoms with Crippen molar-refractivity contribution in [2.45, 2.75) is 97.4 Å². The van der Waals surface area contributed by atoms with Gasteiger partial charge in [-0.05, 0) is 48.9 Å². The van der Waals surface area contributed by atoms with E-state index in [0.717, 1.165) is 6.42 Å². The molecule has 0 spiro atoms. The third kappa shape index (κ3) is 3.39. The van der Waals surface area contributed by atoms with E-state index in [1.165, 1.54) is 44.9 Å². The lowest BCUT2D eigenvalue weighted by Crippen LogP contribution is -2.43. The molecule has 0 aromatic carbocycles. The SMILES string of the molecule is CC(C)(/C=C\C1CC2CCC1O2)C(C)(C)C1CCCCCC1O. The van der Waals surface area contributed by atoms with Gasteiger partial charge in [0.25, 0.3) is 0 Å². The van der Waals surface area contributed by atoms with Crippen LogP contribution in [-0.4, -0.2) is 23.4 Å². The van der Waals surface area contributed by atoms with Crippen molar-refractivity contribution >= 4 is 0 Å². The van der Waals surface area contributed by atoms with Gasteiger partial charge >= 0.3 is 0 Å². The molecular formula is C21H36O2. The molecule has 5 atom stereocenters. The maximum Gasteiger partial charge on any atom is 0.0643 e. The average molecular weight is 321 g/mol. The molecule has 23 heavy (non-hydrogen) atoms. The number of aliphatic hydroxyl groups excluding tert-OH is 1. The molecule has 132 valence electrons. The zero-order valence-electron chi connectivity index (χ0n) is 15.6. The third-order valence-corrected chi connectivity index (χ3v) is 7.48. The van der Waals surface area contributed by atoms with Crippen molar-refractivity contribution in [2.24, 2.45) is 22.7 Å². The largest absolute Gasteiger partial charge is 0.393 e. The summed E-state index contributed by atoms with van der Waals surface area (Å²) in [6.45, 7) is 9.45. The van der Waals surface area contributed by atoms with Crippen LogP contribution < -0.4 is 0 Å². The van der Waals surface area contributed by atoms with Crippen LogP contribution in [0.4, 0.5) is 0 Å². The fourth-order valence-electron chi connectivity index (χ4n) is 5.07. The van der Waals surface area contributed by atoms with Gasteiger partial charge in [0.1, 0.15) is 0 Å². The number of aliphatic hydroxyl groups is 1. The van der Waals surface area contributed by atoms with E-state index in [0.29, 0.717) is 24.0 Å².